The van der Waals surface area contributed by atoms with E-state index in [-0.39, 0.29) is 18.9 Å². The molecule has 4 nitrogen and oxygen atoms in total. The van der Waals surface area contributed by atoms with Gasteiger partial charge in [0.25, 0.3) is 6.43 Å². The summed E-state index contributed by atoms with van der Waals surface area (Å²) in [6.07, 6.45) is 0.823. The summed E-state index contributed by atoms with van der Waals surface area (Å²) in [4.78, 5) is 14.0. The molecule has 0 radical (unpaired) electrons. The van der Waals surface area contributed by atoms with Gasteiger partial charge in [-0.1, -0.05) is 6.92 Å². The van der Waals surface area contributed by atoms with Gasteiger partial charge < -0.3 is 15.0 Å². The van der Waals surface area contributed by atoms with Crippen molar-refractivity contribution >= 4 is 5.91 Å². The third-order valence-corrected chi connectivity index (χ3v) is 3.49. The number of carbonyl (C=O) groups is 1. The molecule has 1 amide bonds. The van der Waals surface area contributed by atoms with Crippen LogP contribution in [0.1, 0.15) is 32.6 Å². The van der Waals surface area contributed by atoms with Gasteiger partial charge in [-0.3, -0.25) is 4.79 Å². The summed E-state index contributed by atoms with van der Waals surface area (Å²) in [6, 6.07) is 0. The quantitative estimate of drug-likeness (QED) is 0.660. The van der Waals surface area contributed by atoms with Crippen LogP contribution in [0.15, 0.2) is 0 Å². The molecule has 1 N–H and O–H groups in total. The highest BCUT2D eigenvalue weighted by atomic mass is 19.3. The number of hydrogen-bond acceptors (Lipinski definition) is 3. The molecule has 0 unspecified atom stereocenters. The smallest absolute Gasteiger partial charge is 0.261 e. The first-order valence-electron chi connectivity index (χ1n) is 7.47. The number of alkyl halides is 2. The topological polar surface area (TPSA) is 41.6 Å². The number of carbonyl (C=O) groups excluding carboxylic acids is 1. The third kappa shape index (κ3) is 7.14. The summed E-state index contributed by atoms with van der Waals surface area (Å²) in [6.45, 7) is 5.06. The minimum Gasteiger partial charge on any atom is -0.375 e. The molecule has 0 aromatic carbocycles. The summed E-state index contributed by atoms with van der Waals surface area (Å²) < 4.78 is 28.6. The van der Waals surface area contributed by atoms with E-state index in [2.05, 4.69) is 5.32 Å². The molecule has 1 fully saturated rings. The Morgan fingerprint density at radius 3 is 2.70 bits per heavy atom. The van der Waals surface area contributed by atoms with E-state index >= 15 is 0 Å². The van der Waals surface area contributed by atoms with Gasteiger partial charge in [-0.2, -0.15) is 0 Å². The van der Waals surface area contributed by atoms with Crippen LogP contribution in [-0.4, -0.2) is 56.6 Å². The Hall–Kier alpha value is -0.750. The maximum absolute atomic E-state index is 12.1. The second kappa shape index (κ2) is 10.0. The normalized spacial score (nSPS) is 16.6. The van der Waals surface area contributed by atoms with Crippen LogP contribution < -0.4 is 5.32 Å². The van der Waals surface area contributed by atoms with Crippen molar-refractivity contribution in [2.24, 2.45) is 5.92 Å². The number of amides is 1. The van der Waals surface area contributed by atoms with Gasteiger partial charge >= 0.3 is 0 Å². The lowest BCUT2D eigenvalue weighted by atomic mass is 9.97. The molecule has 0 atom stereocenters. The fraction of sp³-hybridized carbons (Fsp3) is 0.929. The van der Waals surface area contributed by atoms with Gasteiger partial charge in [0.1, 0.15) is 6.61 Å². The minimum atomic E-state index is -2.47. The molecule has 0 aromatic rings. The monoisotopic (exact) mass is 292 g/mol. The van der Waals surface area contributed by atoms with E-state index in [0.29, 0.717) is 5.92 Å². The van der Waals surface area contributed by atoms with Crippen LogP contribution >= 0.6 is 0 Å². The lowest BCUT2D eigenvalue weighted by molar-refractivity contribution is -0.133. The summed E-state index contributed by atoms with van der Waals surface area (Å²) >= 11 is 0. The van der Waals surface area contributed by atoms with Crippen LogP contribution in [0.25, 0.3) is 0 Å². The second-order valence-corrected chi connectivity index (χ2v) is 5.25. The number of hydrogen-bond donors (Lipinski definition) is 1. The number of nitrogens with zero attached hydrogens (tertiary/aromatic N) is 1. The highest BCUT2D eigenvalue weighted by Gasteiger charge is 2.20. The fourth-order valence-corrected chi connectivity index (χ4v) is 2.45. The van der Waals surface area contributed by atoms with Crippen molar-refractivity contribution in [1.82, 2.24) is 10.2 Å². The highest BCUT2D eigenvalue weighted by molar-refractivity contribution is 5.76. The van der Waals surface area contributed by atoms with Crippen LogP contribution in [0.2, 0.25) is 0 Å². The molecule has 1 aliphatic heterocycles. The first-order valence-corrected chi connectivity index (χ1v) is 7.47. The zero-order valence-electron chi connectivity index (χ0n) is 12.2. The van der Waals surface area contributed by atoms with E-state index in [0.717, 1.165) is 45.4 Å². The number of rotatable bonds is 9. The molecular formula is C14H26F2N2O2. The number of halogens is 2. The van der Waals surface area contributed by atoms with E-state index < -0.39 is 13.0 Å². The molecule has 1 saturated heterocycles. The fourth-order valence-electron chi connectivity index (χ4n) is 2.45. The average molecular weight is 292 g/mol. The van der Waals surface area contributed by atoms with Crippen molar-refractivity contribution in [2.75, 3.05) is 39.4 Å². The van der Waals surface area contributed by atoms with Gasteiger partial charge in [0.15, 0.2) is 0 Å². The van der Waals surface area contributed by atoms with Gasteiger partial charge in [0, 0.05) is 13.1 Å². The van der Waals surface area contributed by atoms with Crippen LogP contribution in [0.3, 0.4) is 0 Å². The van der Waals surface area contributed by atoms with Crippen molar-refractivity contribution in [3.05, 3.63) is 0 Å². The Kier molecular flexibility index (Phi) is 8.69. The lowest BCUT2D eigenvalue weighted by Crippen LogP contribution is -2.40. The van der Waals surface area contributed by atoms with Gasteiger partial charge in [-0.05, 0) is 38.3 Å². The Balaban J connectivity index is 2.29. The summed E-state index contributed by atoms with van der Waals surface area (Å²) in [7, 11) is 0. The standard InChI is InChI=1S/C14H26F2N2O2/c1-2-8-18(10-12-3-6-17-7-4-12)14(19)5-9-20-11-13(15)16/h12-13,17H,2-11H2,1H3. The summed E-state index contributed by atoms with van der Waals surface area (Å²) in [5.41, 5.74) is 0. The Bertz CT molecular complexity index is 272. The zero-order valence-corrected chi connectivity index (χ0v) is 12.2. The first-order chi connectivity index (χ1) is 9.63. The SMILES string of the molecule is CCCN(CC1CCNCC1)C(=O)CCOCC(F)F. The van der Waals surface area contributed by atoms with Crippen LogP contribution in [0.5, 0.6) is 0 Å². The predicted molar refractivity (Wildman–Crippen MR) is 73.9 cm³/mol. The lowest BCUT2D eigenvalue weighted by Gasteiger charge is -2.30. The van der Waals surface area contributed by atoms with Crippen molar-refractivity contribution < 1.29 is 18.3 Å². The minimum absolute atomic E-state index is 0.0136. The second-order valence-electron chi connectivity index (χ2n) is 5.25. The molecule has 0 aromatic heterocycles. The van der Waals surface area contributed by atoms with Crippen LogP contribution in [-0.2, 0) is 9.53 Å². The van der Waals surface area contributed by atoms with Crippen molar-refractivity contribution in [3.8, 4) is 0 Å². The Labute approximate surface area is 119 Å². The molecule has 1 aliphatic rings. The van der Waals surface area contributed by atoms with E-state index in [1.54, 1.807) is 0 Å². The van der Waals surface area contributed by atoms with Gasteiger partial charge in [-0.25, -0.2) is 8.78 Å². The largest absolute Gasteiger partial charge is 0.375 e. The van der Waals surface area contributed by atoms with Gasteiger partial charge in [-0.15, -0.1) is 0 Å². The van der Waals surface area contributed by atoms with Gasteiger partial charge in [0.05, 0.1) is 13.0 Å². The Morgan fingerprint density at radius 2 is 2.10 bits per heavy atom. The van der Waals surface area contributed by atoms with E-state index in [9.17, 15) is 13.6 Å². The molecule has 6 heteroatoms. The molecule has 118 valence electrons. The molecule has 0 bridgehead atoms. The predicted octanol–water partition coefficient (Wildman–Crippen LogP) is 1.90. The molecule has 0 aliphatic carbocycles. The Morgan fingerprint density at radius 1 is 1.40 bits per heavy atom. The molecular weight excluding hydrogens is 266 g/mol. The molecule has 1 heterocycles. The average Bonchev–Trinajstić information content (AvgIpc) is 2.44. The van der Waals surface area contributed by atoms with Crippen LogP contribution in [0.4, 0.5) is 8.78 Å². The van der Waals surface area contributed by atoms with Crippen LogP contribution in [0, 0.1) is 5.92 Å². The molecule has 1 rings (SSSR count). The molecule has 0 saturated carbocycles. The molecule has 20 heavy (non-hydrogen) atoms. The third-order valence-electron chi connectivity index (χ3n) is 3.49. The highest BCUT2D eigenvalue weighted by Crippen LogP contribution is 2.14. The maximum Gasteiger partial charge on any atom is 0.261 e. The summed E-state index contributed by atoms with van der Waals surface area (Å²) in [5.74, 6) is 0.563. The summed E-state index contributed by atoms with van der Waals surface area (Å²) in [5, 5.41) is 3.31. The molecule has 0 spiro atoms. The number of ether oxygens (including phenoxy) is 1. The van der Waals surface area contributed by atoms with Crippen molar-refractivity contribution in [3.63, 3.8) is 0 Å². The van der Waals surface area contributed by atoms with Crippen molar-refractivity contribution in [1.29, 1.82) is 0 Å². The maximum atomic E-state index is 12.1. The van der Waals surface area contributed by atoms with Gasteiger partial charge in [0.2, 0.25) is 5.91 Å². The van der Waals surface area contributed by atoms with E-state index in [4.69, 9.17) is 4.74 Å². The number of nitrogens with one attached hydrogen (secondary N) is 1. The van der Waals surface area contributed by atoms with Crippen molar-refractivity contribution in [2.45, 2.75) is 39.0 Å². The number of piperidine rings is 1. The van der Waals surface area contributed by atoms with E-state index in [1.165, 1.54) is 0 Å². The zero-order chi connectivity index (χ0) is 14.8. The first kappa shape index (κ1) is 17.3. The van der Waals surface area contributed by atoms with E-state index in [1.807, 2.05) is 11.8 Å².